The summed E-state index contributed by atoms with van der Waals surface area (Å²) in [6.07, 6.45) is 7.43. The molecule has 0 aliphatic heterocycles. The van der Waals surface area contributed by atoms with E-state index in [1.807, 2.05) is 44.2 Å². The third-order valence-electron chi connectivity index (χ3n) is 5.21. The highest BCUT2D eigenvalue weighted by Crippen LogP contribution is 2.38. The molecule has 1 aliphatic rings. The summed E-state index contributed by atoms with van der Waals surface area (Å²) in [6, 6.07) is 10.7. The maximum atomic E-state index is 13.5. The topological polar surface area (TPSA) is 47.0 Å². The molecule has 4 rings (SSSR count). The molecule has 0 saturated carbocycles. The summed E-state index contributed by atoms with van der Waals surface area (Å²) in [6.45, 7) is 3.99. The van der Waals surface area contributed by atoms with Crippen molar-refractivity contribution < 1.29 is 12.8 Å². The molecule has 1 aliphatic carbocycles. The first kappa shape index (κ1) is 20.5. The van der Waals surface area contributed by atoms with Crippen LogP contribution < -0.4 is 0 Å². The zero-order valence-electron chi connectivity index (χ0n) is 16.5. The van der Waals surface area contributed by atoms with Crippen molar-refractivity contribution >= 4 is 33.6 Å². The van der Waals surface area contributed by atoms with Crippen molar-refractivity contribution in [1.82, 2.24) is 4.98 Å². The van der Waals surface area contributed by atoms with Gasteiger partial charge in [-0.15, -0.1) is 0 Å². The minimum absolute atomic E-state index is 0.0157. The average Bonchev–Trinajstić information content (AvgIpc) is 2.90. The molecule has 0 saturated heterocycles. The predicted octanol–water partition coefficient (Wildman–Crippen LogP) is 6.33. The lowest BCUT2D eigenvalue weighted by Crippen LogP contribution is -2.08. The second-order valence-corrected chi connectivity index (χ2v) is 9.65. The number of nitrogens with zero attached hydrogens (tertiary/aromatic N) is 1. The molecule has 0 radical (unpaired) electrons. The van der Waals surface area contributed by atoms with Crippen LogP contribution in [0.25, 0.3) is 23.3 Å². The van der Waals surface area contributed by atoms with Crippen LogP contribution in [0.4, 0.5) is 4.39 Å². The normalized spacial score (nSPS) is 13.5. The van der Waals surface area contributed by atoms with Crippen molar-refractivity contribution in [3.05, 3.63) is 88.0 Å². The first-order valence-corrected chi connectivity index (χ1v) is 11.3. The Morgan fingerprint density at radius 3 is 2.47 bits per heavy atom. The lowest BCUT2D eigenvalue weighted by atomic mass is 9.96. The minimum atomic E-state index is -3.93. The fourth-order valence-electron chi connectivity index (χ4n) is 3.44. The van der Waals surface area contributed by atoms with E-state index in [2.05, 4.69) is 4.98 Å². The van der Waals surface area contributed by atoms with Crippen LogP contribution in [-0.4, -0.2) is 13.4 Å². The molecule has 1 aromatic heterocycles. The van der Waals surface area contributed by atoms with Crippen LogP contribution in [0.3, 0.4) is 0 Å². The quantitative estimate of drug-likeness (QED) is 0.448. The van der Waals surface area contributed by atoms with Crippen molar-refractivity contribution in [2.24, 2.45) is 0 Å². The van der Waals surface area contributed by atoms with Crippen LogP contribution in [-0.2, 0) is 9.84 Å². The van der Waals surface area contributed by atoms with Gasteiger partial charge in [0.15, 0.2) is 0 Å². The Kier molecular flexibility index (Phi) is 5.35. The van der Waals surface area contributed by atoms with Crippen molar-refractivity contribution in [2.45, 2.75) is 30.1 Å². The van der Waals surface area contributed by atoms with Crippen molar-refractivity contribution in [2.75, 3.05) is 0 Å². The first-order valence-electron chi connectivity index (χ1n) is 9.41. The van der Waals surface area contributed by atoms with Crippen LogP contribution in [0.5, 0.6) is 0 Å². The highest BCUT2D eigenvalue weighted by atomic mass is 35.5. The molecule has 0 fully saturated rings. The molecule has 152 valence electrons. The number of sulfone groups is 1. The van der Waals surface area contributed by atoms with Gasteiger partial charge in [-0.25, -0.2) is 12.8 Å². The molecule has 1 heterocycles. The second-order valence-electron chi connectivity index (χ2n) is 7.25. The first-order chi connectivity index (χ1) is 14.3. The molecule has 3 aromatic rings. The molecular weight excluding hydrogens is 421 g/mol. The van der Waals surface area contributed by atoms with Gasteiger partial charge < -0.3 is 0 Å². The van der Waals surface area contributed by atoms with Crippen molar-refractivity contribution in [3.8, 4) is 11.1 Å². The largest absolute Gasteiger partial charge is 0.255 e. The third-order valence-corrected chi connectivity index (χ3v) is 7.26. The van der Waals surface area contributed by atoms with E-state index in [1.165, 1.54) is 18.3 Å². The summed E-state index contributed by atoms with van der Waals surface area (Å²) >= 11 is 6.25. The van der Waals surface area contributed by atoms with Crippen LogP contribution in [0, 0.1) is 19.7 Å². The van der Waals surface area contributed by atoms with E-state index in [1.54, 1.807) is 6.08 Å². The Morgan fingerprint density at radius 2 is 1.77 bits per heavy atom. The van der Waals surface area contributed by atoms with Gasteiger partial charge in [-0.05, 0) is 60.9 Å². The SMILES string of the molecule is Cc1ccc(-c2c(S(=O)(=O)c3ccc(F)cc3)cnc3c2C=CCC(Cl)=C3)cc1C. The number of allylic oxidation sites excluding steroid dienone is 2. The summed E-state index contributed by atoms with van der Waals surface area (Å²) in [4.78, 5) is 4.49. The zero-order valence-corrected chi connectivity index (χ0v) is 18.1. The monoisotopic (exact) mass is 439 g/mol. The number of halogens is 2. The van der Waals surface area contributed by atoms with E-state index in [9.17, 15) is 12.8 Å². The van der Waals surface area contributed by atoms with E-state index in [0.717, 1.165) is 28.8 Å². The lowest BCUT2D eigenvalue weighted by Gasteiger charge is -2.16. The average molecular weight is 440 g/mol. The molecule has 0 unspecified atom stereocenters. The molecule has 0 atom stereocenters. The van der Waals surface area contributed by atoms with Crippen LogP contribution in [0.2, 0.25) is 0 Å². The molecule has 6 heteroatoms. The maximum Gasteiger partial charge on any atom is 0.208 e. The highest BCUT2D eigenvalue weighted by molar-refractivity contribution is 7.91. The summed E-state index contributed by atoms with van der Waals surface area (Å²) in [7, 11) is -3.93. The fourth-order valence-corrected chi connectivity index (χ4v) is 5.07. The van der Waals surface area contributed by atoms with Crippen LogP contribution in [0.15, 0.2) is 69.6 Å². The van der Waals surface area contributed by atoms with Crippen molar-refractivity contribution in [1.29, 1.82) is 0 Å². The highest BCUT2D eigenvalue weighted by Gasteiger charge is 2.26. The summed E-state index contributed by atoms with van der Waals surface area (Å²) in [5.74, 6) is -0.494. The number of fused-ring (bicyclic) bond motifs is 1. The van der Waals surface area contributed by atoms with Gasteiger partial charge in [-0.1, -0.05) is 42.0 Å². The maximum absolute atomic E-state index is 13.5. The van der Waals surface area contributed by atoms with E-state index in [4.69, 9.17) is 11.6 Å². The summed E-state index contributed by atoms with van der Waals surface area (Å²) < 4.78 is 40.4. The van der Waals surface area contributed by atoms with Gasteiger partial charge in [-0.2, -0.15) is 0 Å². The van der Waals surface area contributed by atoms with Crippen LogP contribution in [0.1, 0.15) is 28.8 Å². The number of pyridine rings is 1. The van der Waals surface area contributed by atoms with E-state index in [0.29, 0.717) is 28.3 Å². The predicted molar refractivity (Wildman–Crippen MR) is 118 cm³/mol. The lowest BCUT2D eigenvalue weighted by molar-refractivity contribution is 0.594. The van der Waals surface area contributed by atoms with E-state index in [-0.39, 0.29) is 9.79 Å². The van der Waals surface area contributed by atoms with Gasteiger partial charge in [0.25, 0.3) is 0 Å². The van der Waals surface area contributed by atoms with Gasteiger partial charge in [-0.3, -0.25) is 4.98 Å². The van der Waals surface area contributed by atoms with E-state index >= 15 is 0 Å². The summed E-state index contributed by atoms with van der Waals surface area (Å²) in [5.41, 5.74) is 4.80. The second kappa shape index (κ2) is 7.82. The van der Waals surface area contributed by atoms with Crippen LogP contribution >= 0.6 is 11.6 Å². The minimum Gasteiger partial charge on any atom is -0.255 e. The molecule has 30 heavy (non-hydrogen) atoms. The van der Waals surface area contributed by atoms with Gasteiger partial charge in [0.2, 0.25) is 9.84 Å². The number of aromatic nitrogens is 1. The Labute approximate surface area is 180 Å². The Bertz CT molecular complexity index is 1310. The Hall–Kier alpha value is -2.76. The third kappa shape index (κ3) is 3.71. The molecule has 0 N–H and O–H groups in total. The molecule has 3 nitrogen and oxygen atoms in total. The summed E-state index contributed by atoms with van der Waals surface area (Å²) in [5, 5.41) is 0.623. The number of aryl methyl sites for hydroxylation is 2. The Morgan fingerprint density at radius 1 is 1.03 bits per heavy atom. The molecule has 2 aromatic carbocycles. The Balaban J connectivity index is 2.05. The molecule has 0 spiro atoms. The zero-order chi connectivity index (χ0) is 21.5. The van der Waals surface area contributed by atoms with E-state index < -0.39 is 15.7 Å². The van der Waals surface area contributed by atoms with Gasteiger partial charge >= 0.3 is 0 Å². The molecular formula is C24H19ClFNO2S. The number of rotatable bonds is 3. The number of hydrogen-bond donors (Lipinski definition) is 0. The standard InChI is InChI=1S/C24H19ClFNO2S/c1-15-6-7-17(12-16(15)2)24-21-5-3-4-18(25)13-22(21)27-14-23(24)30(28,29)20-10-8-19(26)9-11-20/h3,5-14H,4H2,1-2H3. The fraction of sp³-hybridized carbons (Fsp3) is 0.125. The van der Waals surface area contributed by atoms with Gasteiger partial charge in [0.1, 0.15) is 5.82 Å². The van der Waals surface area contributed by atoms with Crippen molar-refractivity contribution in [3.63, 3.8) is 0 Å². The van der Waals surface area contributed by atoms with Gasteiger partial charge in [0.05, 0.1) is 15.5 Å². The molecule has 0 amide bonds. The van der Waals surface area contributed by atoms with Gasteiger partial charge in [0, 0.05) is 28.8 Å². The number of hydrogen-bond acceptors (Lipinski definition) is 3. The molecule has 0 bridgehead atoms. The smallest absolute Gasteiger partial charge is 0.208 e. The number of benzene rings is 2.